The Balaban J connectivity index is 1.87. The van der Waals surface area contributed by atoms with Gasteiger partial charge in [0.2, 0.25) is 5.95 Å². The number of H-pyrrole nitrogens is 1. The molecule has 0 spiro atoms. The van der Waals surface area contributed by atoms with E-state index >= 15 is 0 Å². The molecule has 3 rings (SSSR count). The van der Waals surface area contributed by atoms with Crippen LogP contribution in [-0.4, -0.2) is 9.97 Å². The molecule has 20 heavy (non-hydrogen) atoms. The summed E-state index contributed by atoms with van der Waals surface area (Å²) in [5.74, 6) is 0.390. The highest BCUT2D eigenvalue weighted by atomic mass is 19.1. The molecule has 1 heterocycles. The first-order valence-corrected chi connectivity index (χ1v) is 6.61. The Kier molecular flexibility index (Phi) is 3.14. The number of nitrogens with one attached hydrogen (secondary N) is 2. The first-order chi connectivity index (χ1) is 9.63. The molecule has 0 radical (unpaired) electrons. The van der Waals surface area contributed by atoms with Gasteiger partial charge in [-0.25, -0.2) is 9.37 Å². The summed E-state index contributed by atoms with van der Waals surface area (Å²) in [4.78, 5) is 7.51. The van der Waals surface area contributed by atoms with Gasteiger partial charge in [0.15, 0.2) is 0 Å². The van der Waals surface area contributed by atoms with E-state index in [1.165, 1.54) is 23.3 Å². The zero-order valence-corrected chi connectivity index (χ0v) is 11.4. The minimum absolute atomic E-state index is 0.126. The number of halogens is 1. The minimum Gasteiger partial charge on any atom is -0.349 e. The van der Waals surface area contributed by atoms with E-state index in [-0.39, 0.29) is 11.9 Å². The first-order valence-electron chi connectivity index (χ1n) is 6.61. The molecule has 1 aromatic heterocycles. The summed E-state index contributed by atoms with van der Waals surface area (Å²) in [7, 11) is 0. The Morgan fingerprint density at radius 3 is 2.80 bits per heavy atom. The van der Waals surface area contributed by atoms with Gasteiger partial charge in [-0.3, -0.25) is 0 Å². The summed E-state index contributed by atoms with van der Waals surface area (Å²) in [6, 6.07) is 12.9. The van der Waals surface area contributed by atoms with Crippen molar-refractivity contribution in [2.24, 2.45) is 0 Å². The molecule has 102 valence electrons. The summed E-state index contributed by atoms with van der Waals surface area (Å²) in [6.45, 7) is 4.16. The fraction of sp³-hybridized carbons (Fsp3) is 0.188. The molecule has 4 heteroatoms. The van der Waals surface area contributed by atoms with E-state index in [9.17, 15) is 4.39 Å². The van der Waals surface area contributed by atoms with Gasteiger partial charge >= 0.3 is 0 Å². The Bertz CT molecular complexity index is 748. The molecule has 2 aromatic carbocycles. The maximum atomic E-state index is 13.2. The van der Waals surface area contributed by atoms with Crippen molar-refractivity contribution >= 4 is 17.0 Å². The standard InChI is InChI=1S/C16H16FN3/c1-10-5-3-4-6-13(10)11(2)18-16-19-14-8-7-12(17)9-15(14)20-16/h3-9,11H,1-2H3,(H2,18,19,20). The van der Waals surface area contributed by atoms with E-state index < -0.39 is 0 Å². The molecule has 0 saturated heterocycles. The predicted molar refractivity (Wildman–Crippen MR) is 79.3 cm³/mol. The first kappa shape index (κ1) is 12.7. The molecular weight excluding hydrogens is 253 g/mol. The van der Waals surface area contributed by atoms with Crippen LogP contribution in [-0.2, 0) is 0 Å². The summed E-state index contributed by atoms with van der Waals surface area (Å²) in [6.07, 6.45) is 0. The van der Waals surface area contributed by atoms with Crippen molar-refractivity contribution in [1.82, 2.24) is 9.97 Å². The van der Waals surface area contributed by atoms with Gasteiger partial charge in [-0.15, -0.1) is 0 Å². The van der Waals surface area contributed by atoms with E-state index in [1.807, 2.05) is 12.1 Å². The second kappa shape index (κ2) is 4.96. The molecule has 3 nitrogen and oxygen atoms in total. The third kappa shape index (κ3) is 2.37. The third-order valence-corrected chi connectivity index (χ3v) is 3.45. The fourth-order valence-electron chi connectivity index (χ4n) is 2.41. The Hall–Kier alpha value is -2.36. The highest BCUT2D eigenvalue weighted by molar-refractivity contribution is 5.77. The van der Waals surface area contributed by atoms with Crippen molar-refractivity contribution in [1.29, 1.82) is 0 Å². The van der Waals surface area contributed by atoms with E-state index in [4.69, 9.17) is 0 Å². The number of aryl methyl sites for hydroxylation is 1. The molecule has 0 amide bonds. The van der Waals surface area contributed by atoms with Crippen LogP contribution in [0.4, 0.5) is 10.3 Å². The fourth-order valence-corrected chi connectivity index (χ4v) is 2.41. The monoisotopic (exact) mass is 269 g/mol. The number of aromatic amines is 1. The summed E-state index contributed by atoms with van der Waals surface area (Å²) >= 11 is 0. The zero-order valence-electron chi connectivity index (χ0n) is 11.4. The largest absolute Gasteiger partial charge is 0.349 e. The van der Waals surface area contributed by atoms with Crippen LogP contribution < -0.4 is 5.32 Å². The summed E-state index contributed by atoms with van der Waals surface area (Å²) in [5.41, 5.74) is 3.91. The van der Waals surface area contributed by atoms with Gasteiger partial charge in [0, 0.05) is 0 Å². The summed E-state index contributed by atoms with van der Waals surface area (Å²) < 4.78 is 13.2. The summed E-state index contributed by atoms with van der Waals surface area (Å²) in [5, 5.41) is 3.32. The molecule has 0 aliphatic carbocycles. The van der Waals surface area contributed by atoms with Crippen molar-refractivity contribution in [3.8, 4) is 0 Å². The topological polar surface area (TPSA) is 40.7 Å². The number of nitrogens with zero attached hydrogens (tertiary/aromatic N) is 1. The van der Waals surface area contributed by atoms with Crippen molar-refractivity contribution in [2.45, 2.75) is 19.9 Å². The minimum atomic E-state index is -0.264. The maximum Gasteiger partial charge on any atom is 0.201 e. The van der Waals surface area contributed by atoms with E-state index in [0.29, 0.717) is 11.5 Å². The van der Waals surface area contributed by atoms with Crippen LogP contribution in [0.15, 0.2) is 42.5 Å². The second-order valence-corrected chi connectivity index (χ2v) is 4.97. The Morgan fingerprint density at radius 2 is 2.00 bits per heavy atom. The Labute approximate surface area is 116 Å². The average Bonchev–Trinajstić information content (AvgIpc) is 2.80. The number of rotatable bonds is 3. The van der Waals surface area contributed by atoms with Crippen molar-refractivity contribution in [3.63, 3.8) is 0 Å². The third-order valence-electron chi connectivity index (χ3n) is 3.45. The molecule has 0 bridgehead atoms. The molecule has 3 aromatic rings. The van der Waals surface area contributed by atoms with Crippen LogP contribution >= 0.6 is 0 Å². The van der Waals surface area contributed by atoms with Crippen LogP contribution in [0.1, 0.15) is 24.1 Å². The lowest BCUT2D eigenvalue weighted by atomic mass is 10.0. The SMILES string of the molecule is Cc1ccccc1C(C)Nc1nc2ccc(F)cc2[nH]1. The van der Waals surface area contributed by atoms with Crippen LogP contribution in [0.5, 0.6) is 0 Å². The number of imidazole rings is 1. The van der Waals surface area contributed by atoms with E-state index in [1.54, 1.807) is 6.07 Å². The van der Waals surface area contributed by atoms with Crippen LogP contribution in [0, 0.1) is 12.7 Å². The highest BCUT2D eigenvalue weighted by Crippen LogP contribution is 2.22. The molecule has 1 unspecified atom stereocenters. The van der Waals surface area contributed by atoms with Gasteiger partial charge in [-0.1, -0.05) is 24.3 Å². The van der Waals surface area contributed by atoms with Gasteiger partial charge < -0.3 is 10.3 Å². The van der Waals surface area contributed by atoms with Gasteiger partial charge in [-0.2, -0.15) is 0 Å². The highest BCUT2D eigenvalue weighted by Gasteiger charge is 2.10. The smallest absolute Gasteiger partial charge is 0.201 e. The van der Waals surface area contributed by atoms with Crippen molar-refractivity contribution < 1.29 is 4.39 Å². The van der Waals surface area contributed by atoms with Gasteiger partial charge in [0.1, 0.15) is 5.82 Å². The molecule has 0 aliphatic heterocycles. The van der Waals surface area contributed by atoms with E-state index in [0.717, 1.165) is 5.52 Å². The molecule has 1 atom stereocenters. The van der Waals surface area contributed by atoms with Crippen molar-refractivity contribution in [2.75, 3.05) is 5.32 Å². The lowest BCUT2D eigenvalue weighted by Crippen LogP contribution is -2.09. The molecule has 2 N–H and O–H groups in total. The van der Waals surface area contributed by atoms with Crippen molar-refractivity contribution in [3.05, 3.63) is 59.4 Å². The molecule has 0 fully saturated rings. The zero-order chi connectivity index (χ0) is 14.1. The Morgan fingerprint density at radius 1 is 1.20 bits per heavy atom. The number of hydrogen-bond acceptors (Lipinski definition) is 2. The van der Waals surface area contributed by atoms with Gasteiger partial charge in [0.25, 0.3) is 0 Å². The molecule has 0 saturated carbocycles. The molecule has 0 aliphatic rings. The van der Waals surface area contributed by atoms with Crippen LogP contribution in [0.3, 0.4) is 0 Å². The quantitative estimate of drug-likeness (QED) is 0.748. The van der Waals surface area contributed by atoms with Crippen LogP contribution in [0.2, 0.25) is 0 Å². The lowest BCUT2D eigenvalue weighted by molar-refractivity contribution is 0.629. The predicted octanol–water partition coefficient (Wildman–Crippen LogP) is 4.18. The normalized spacial score (nSPS) is 12.6. The van der Waals surface area contributed by atoms with Gasteiger partial charge in [0.05, 0.1) is 17.1 Å². The number of anilines is 1. The van der Waals surface area contributed by atoms with E-state index in [2.05, 4.69) is 41.3 Å². The van der Waals surface area contributed by atoms with Crippen LogP contribution in [0.25, 0.3) is 11.0 Å². The maximum absolute atomic E-state index is 13.2. The number of hydrogen-bond donors (Lipinski definition) is 2. The number of benzene rings is 2. The van der Waals surface area contributed by atoms with Gasteiger partial charge in [-0.05, 0) is 43.2 Å². The number of aromatic nitrogens is 2. The molecular formula is C16H16FN3. The lowest BCUT2D eigenvalue weighted by Gasteiger charge is -2.15. The average molecular weight is 269 g/mol. The second-order valence-electron chi connectivity index (χ2n) is 4.97. The number of fused-ring (bicyclic) bond motifs is 1.